The number of aromatic nitrogens is 1. The lowest BCUT2D eigenvalue weighted by Crippen LogP contribution is -2.31. The van der Waals surface area contributed by atoms with Crippen molar-refractivity contribution in [3.63, 3.8) is 0 Å². The Labute approximate surface area is 181 Å². The average molecular weight is 441 g/mol. The van der Waals surface area contributed by atoms with Crippen LogP contribution in [0.5, 0.6) is 11.5 Å². The number of phenols is 1. The highest BCUT2D eigenvalue weighted by atomic mass is 32.2. The van der Waals surface area contributed by atoms with Gasteiger partial charge in [-0.05, 0) is 30.3 Å². The van der Waals surface area contributed by atoms with E-state index in [1.54, 1.807) is 28.5 Å². The molecule has 2 aliphatic rings. The minimum Gasteiger partial charge on any atom is -0.508 e. The van der Waals surface area contributed by atoms with Crippen LogP contribution in [-0.4, -0.2) is 27.9 Å². The molecule has 154 valence electrons. The molecule has 0 spiro atoms. The van der Waals surface area contributed by atoms with Crippen LogP contribution in [0.25, 0.3) is 0 Å². The van der Waals surface area contributed by atoms with Gasteiger partial charge in [-0.1, -0.05) is 29.5 Å². The lowest BCUT2D eigenvalue weighted by atomic mass is 9.84. The molecule has 3 aromatic rings. The van der Waals surface area contributed by atoms with Gasteiger partial charge in [0.2, 0.25) is 5.91 Å². The molecule has 0 saturated carbocycles. The van der Waals surface area contributed by atoms with E-state index in [2.05, 4.69) is 11.4 Å². The average Bonchev–Trinajstić information content (AvgIpc) is 3.08. The summed E-state index contributed by atoms with van der Waals surface area (Å²) in [6.45, 7) is 1.01. The molecule has 2 atom stereocenters. The van der Waals surface area contributed by atoms with Crippen molar-refractivity contribution in [2.75, 3.05) is 17.7 Å². The third kappa shape index (κ3) is 3.50. The quantitative estimate of drug-likeness (QED) is 0.602. The van der Waals surface area contributed by atoms with Crippen LogP contribution in [-0.2, 0) is 11.3 Å². The van der Waals surface area contributed by atoms with Gasteiger partial charge in [0.25, 0.3) is 0 Å². The summed E-state index contributed by atoms with van der Waals surface area (Å²) in [4.78, 5) is 26.2. The second-order valence-corrected chi connectivity index (χ2v) is 9.43. The van der Waals surface area contributed by atoms with Gasteiger partial charge in [0.05, 0.1) is 11.6 Å². The molecule has 0 unspecified atom stereocenters. The number of hydrogen-bond acceptors (Lipinski definition) is 6. The second kappa shape index (κ2) is 7.85. The van der Waals surface area contributed by atoms with Gasteiger partial charge >= 0.3 is 4.87 Å². The number of nitrogens with zero attached hydrogens (tertiary/aromatic N) is 1. The standard InChI is InChI=1S/C22H20N2O4S2/c25-15-7-5-14(6-8-15)23-18(26)9-10-24-21-20(30-22(24)27)19-13(12-29-21)11-28-17-4-2-1-3-16(17)19/h1-8,13,19,25H,9-12H2,(H,23,26)/t13-,19-/m1/s1. The molecule has 5 rings (SSSR count). The predicted octanol–water partition coefficient (Wildman–Crippen LogP) is 3.89. The number of ether oxygens (including phenoxy) is 1. The minimum absolute atomic E-state index is 0.0189. The van der Waals surface area contributed by atoms with Crippen molar-refractivity contribution in [1.29, 1.82) is 0 Å². The Morgan fingerprint density at radius 3 is 2.83 bits per heavy atom. The number of carbonyl (C=O) groups is 1. The second-order valence-electron chi connectivity index (χ2n) is 7.43. The summed E-state index contributed by atoms with van der Waals surface area (Å²) in [6, 6.07) is 14.4. The van der Waals surface area contributed by atoms with Gasteiger partial charge in [0, 0.05) is 46.7 Å². The van der Waals surface area contributed by atoms with Gasteiger partial charge in [-0.25, -0.2) is 0 Å². The van der Waals surface area contributed by atoms with Gasteiger partial charge in [-0.3, -0.25) is 14.2 Å². The van der Waals surface area contributed by atoms with Crippen LogP contribution in [0.2, 0.25) is 0 Å². The topological polar surface area (TPSA) is 80.6 Å². The number of benzene rings is 2. The molecule has 3 heterocycles. The summed E-state index contributed by atoms with van der Waals surface area (Å²) in [5.74, 6) is 2.30. The first kappa shape index (κ1) is 19.3. The highest BCUT2D eigenvalue weighted by Crippen LogP contribution is 2.50. The monoisotopic (exact) mass is 440 g/mol. The summed E-state index contributed by atoms with van der Waals surface area (Å²) < 4.78 is 7.67. The number of thioether (sulfide) groups is 1. The summed E-state index contributed by atoms with van der Waals surface area (Å²) >= 11 is 2.98. The molecule has 0 radical (unpaired) electrons. The molecule has 0 saturated heterocycles. The first-order valence-electron chi connectivity index (χ1n) is 9.77. The summed E-state index contributed by atoms with van der Waals surface area (Å²) in [5, 5.41) is 13.1. The molecule has 2 N–H and O–H groups in total. The van der Waals surface area contributed by atoms with Crippen LogP contribution in [0.4, 0.5) is 5.69 Å². The summed E-state index contributed by atoms with van der Waals surface area (Å²) in [5.41, 5.74) is 1.77. The van der Waals surface area contributed by atoms with Crippen molar-refractivity contribution < 1.29 is 14.6 Å². The van der Waals surface area contributed by atoms with Crippen molar-refractivity contribution in [3.05, 3.63) is 68.6 Å². The van der Waals surface area contributed by atoms with Crippen LogP contribution in [0.3, 0.4) is 0 Å². The van der Waals surface area contributed by atoms with Gasteiger partial charge < -0.3 is 15.2 Å². The number of amides is 1. The highest BCUT2D eigenvalue weighted by Gasteiger charge is 2.39. The number of hydrogen-bond donors (Lipinski definition) is 2. The number of aromatic hydroxyl groups is 1. The Hall–Kier alpha value is -2.71. The Morgan fingerprint density at radius 1 is 1.20 bits per heavy atom. The maximum atomic E-state index is 12.8. The Morgan fingerprint density at radius 2 is 2.00 bits per heavy atom. The van der Waals surface area contributed by atoms with Crippen molar-refractivity contribution >= 4 is 34.7 Å². The molecule has 30 heavy (non-hydrogen) atoms. The van der Waals surface area contributed by atoms with Gasteiger partial charge in [0.15, 0.2) is 0 Å². The fourth-order valence-electron chi connectivity index (χ4n) is 4.03. The Bertz CT molecular complexity index is 1150. The summed E-state index contributed by atoms with van der Waals surface area (Å²) in [6.07, 6.45) is 0.207. The number of phenolic OH excluding ortho intramolecular Hbond substituents is 1. The van der Waals surface area contributed by atoms with E-state index in [4.69, 9.17) is 4.74 Å². The summed E-state index contributed by atoms with van der Waals surface area (Å²) in [7, 11) is 0. The zero-order valence-electron chi connectivity index (χ0n) is 16.0. The fraction of sp³-hybridized carbons (Fsp3) is 0.273. The lowest BCUT2D eigenvalue weighted by molar-refractivity contribution is -0.116. The number of nitrogens with one attached hydrogen (secondary N) is 1. The molecule has 1 aromatic heterocycles. The molecule has 6 nitrogen and oxygen atoms in total. The van der Waals surface area contributed by atoms with Crippen molar-refractivity contribution in [2.45, 2.75) is 23.9 Å². The Kier molecular flexibility index (Phi) is 5.04. The molecule has 8 heteroatoms. The first-order valence-corrected chi connectivity index (χ1v) is 11.6. The molecule has 0 fully saturated rings. The Balaban J connectivity index is 1.36. The lowest BCUT2D eigenvalue weighted by Gasteiger charge is -2.36. The first-order chi connectivity index (χ1) is 14.6. The van der Waals surface area contributed by atoms with E-state index >= 15 is 0 Å². The molecule has 2 aromatic carbocycles. The number of para-hydroxylation sites is 1. The largest absolute Gasteiger partial charge is 0.508 e. The van der Waals surface area contributed by atoms with E-state index < -0.39 is 0 Å². The van der Waals surface area contributed by atoms with E-state index in [0.717, 1.165) is 27.0 Å². The van der Waals surface area contributed by atoms with Crippen LogP contribution in [0, 0.1) is 5.92 Å². The van der Waals surface area contributed by atoms with E-state index in [9.17, 15) is 14.7 Å². The van der Waals surface area contributed by atoms with E-state index in [-0.39, 0.29) is 28.9 Å². The maximum absolute atomic E-state index is 12.8. The predicted molar refractivity (Wildman–Crippen MR) is 118 cm³/mol. The van der Waals surface area contributed by atoms with Gasteiger partial charge in [0.1, 0.15) is 11.5 Å². The number of fused-ring (bicyclic) bond motifs is 5. The van der Waals surface area contributed by atoms with Gasteiger partial charge in [-0.2, -0.15) is 0 Å². The van der Waals surface area contributed by atoms with Crippen LogP contribution in [0.1, 0.15) is 22.8 Å². The normalized spacial score (nSPS) is 19.2. The number of rotatable bonds is 4. The van der Waals surface area contributed by atoms with Crippen LogP contribution in [0.15, 0.2) is 58.4 Å². The molecule has 1 amide bonds. The highest BCUT2D eigenvalue weighted by molar-refractivity contribution is 7.99. The van der Waals surface area contributed by atoms with Crippen molar-refractivity contribution in [1.82, 2.24) is 4.57 Å². The van der Waals surface area contributed by atoms with Crippen molar-refractivity contribution in [2.24, 2.45) is 5.92 Å². The molecular formula is C22H20N2O4S2. The van der Waals surface area contributed by atoms with E-state index in [1.165, 1.54) is 23.5 Å². The molecular weight excluding hydrogens is 420 g/mol. The van der Waals surface area contributed by atoms with Crippen molar-refractivity contribution in [3.8, 4) is 11.5 Å². The molecule has 0 aliphatic carbocycles. The smallest absolute Gasteiger partial charge is 0.308 e. The van der Waals surface area contributed by atoms with Crippen LogP contribution < -0.4 is 14.9 Å². The zero-order valence-corrected chi connectivity index (χ0v) is 17.7. The zero-order chi connectivity index (χ0) is 20.7. The minimum atomic E-state index is -0.164. The van der Waals surface area contributed by atoms with E-state index in [0.29, 0.717) is 24.8 Å². The van der Waals surface area contributed by atoms with Gasteiger partial charge in [-0.15, -0.1) is 11.8 Å². The number of thiazole rings is 1. The van der Waals surface area contributed by atoms with Crippen LogP contribution >= 0.6 is 23.1 Å². The fourth-order valence-corrected chi connectivity index (χ4v) is 6.77. The van der Waals surface area contributed by atoms with E-state index in [1.807, 2.05) is 18.2 Å². The molecule has 0 bridgehead atoms. The third-order valence-electron chi connectivity index (χ3n) is 5.48. The number of anilines is 1. The SMILES string of the molecule is O=C(CCn1c2c(sc1=O)[C@H]1c3ccccc3OC[C@@H]1CS2)Nc1ccc(O)cc1. The maximum Gasteiger partial charge on any atom is 0.308 e. The molecule has 2 aliphatic heterocycles. The third-order valence-corrected chi connectivity index (χ3v) is 7.98. The number of carbonyl (C=O) groups excluding carboxylic acids is 1.